The molecule has 0 aliphatic carbocycles. The molecular weight excluding hydrogens is 402 g/mol. The van der Waals surface area contributed by atoms with Gasteiger partial charge in [0.05, 0.1) is 18.6 Å². The Morgan fingerprint density at radius 1 is 0.903 bits per heavy atom. The fourth-order valence-electron chi connectivity index (χ4n) is 3.80. The van der Waals surface area contributed by atoms with Crippen LogP contribution in [0.2, 0.25) is 0 Å². The van der Waals surface area contributed by atoms with E-state index >= 15 is 0 Å². The lowest BCUT2D eigenvalue weighted by Crippen LogP contribution is -2.42. The monoisotopic (exact) mass is 437 g/mol. The molecule has 0 bridgehead atoms. The Bertz CT molecular complexity index is 675. The average molecular weight is 438 g/mol. The quantitative estimate of drug-likeness (QED) is 0.483. The minimum Gasteiger partial charge on any atom is -0.463 e. The molecule has 1 saturated heterocycles. The van der Waals surface area contributed by atoms with E-state index in [2.05, 4.69) is 0 Å². The molecular formula is C23H35NO7. The number of hydrogen-bond acceptors (Lipinski definition) is 7. The lowest BCUT2D eigenvalue weighted by Gasteiger charge is -2.25. The molecule has 8 heteroatoms. The summed E-state index contributed by atoms with van der Waals surface area (Å²) in [5, 5.41) is 0. The predicted molar refractivity (Wildman–Crippen MR) is 114 cm³/mol. The summed E-state index contributed by atoms with van der Waals surface area (Å²) < 4.78 is 21.7. The highest BCUT2D eigenvalue weighted by Gasteiger charge is 2.35. The normalized spacial score (nSPS) is 34.0. The van der Waals surface area contributed by atoms with Gasteiger partial charge < -0.3 is 23.8 Å². The fourth-order valence-corrected chi connectivity index (χ4v) is 3.80. The largest absolute Gasteiger partial charge is 0.463 e. The number of hydrogen-bond donors (Lipinski definition) is 0. The average Bonchev–Trinajstić information content (AvgIpc) is 3.24. The van der Waals surface area contributed by atoms with Crippen LogP contribution in [0, 0.1) is 11.8 Å². The lowest BCUT2D eigenvalue weighted by atomic mass is 10.0. The van der Waals surface area contributed by atoms with Crippen molar-refractivity contribution >= 4 is 17.8 Å². The smallest absolute Gasteiger partial charge is 0.328 e. The zero-order valence-corrected chi connectivity index (χ0v) is 19.0. The van der Waals surface area contributed by atoms with Gasteiger partial charge in [0.15, 0.2) is 0 Å². The molecule has 31 heavy (non-hydrogen) atoms. The van der Waals surface area contributed by atoms with E-state index in [0.29, 0.717) is 13.0 Å². The molecule has 2 aliphatic heterocycles. The molecule has 2 aliphatic rings. The van der Waals surface area contributed by atoms with E-state index in [1.807, 2.05) is 26.0 Å². The minimum absolute atomic E-state index is 0.0509. The molecule has 0 aromatic carbocycles. The topological polar surface area (TPSA) is 91.4 Å². The summed E-state index contributed by atoms with van der Waals surface area (Å²) in [7, 11) is 3.12. The highest BCUT2D eigenvalue weighted by molar-refractivity contribution is 5.85. The van der Waals surface area contributed by atoms with E-state index in [0.717, 1.165) is 6.42 Å². The summed E-state index contributed by atoms with van der Waals surface area (Å²) in [6, 6.07) is -0.554. The van der Waals surface area contributed by atoms with Gasteiger partial charge in [-0.3, -0.25) is 9.59 Å². The van der Waals surface area contributed by atoms with Crippen molar-refractivity contribution in [2.75, 3.05) is 34.0 Å². The molecule has 0 spiro atoms. The van der Waals surface area contributed by atoms with Crippen molar-refractivity contribution in [2.45, 2.75) is 57.8 Å². The first kappa shape index (κ1) is 25.1. The molecule has 2 heterocycles. The van der Waals surface area contributed by atoms with E-state index in [1.54, 1.807) is 31.3 Å². The summed E-state index contributed by atoms with van der Waals surface area (Å²) in [4.78, 5) is 39.0. The highest BCUT2D eigenvalue weighted by Crippen LogP contribution is 2.21. The number of carbonyl (C=O) groups excluding carboxylic acids is 3. The van der Waals surface area contributed by atoms with Gasteiger partial charge in [0.2, 0.25) is 5.91 Å². The lowest BCUT2D eigenvalue weighted by molar-refractivity contribution is -0.156. The van der Waals surface area contributed by atoms with E-state index in [9.17, 15) is 14.4 Å². The number of amides is 1. The highest BCUT2D eigenvalue weighted by atomic mass is 16.6. The van der Waals surface area contributed by atoms with E-state index in [1.165, 1.54) is 0 Å². The van der Waals surface area contributed by atoms with Crippen molar-refractivity contribution in [3.05, 3.63) is 24.3 Å². The third-order valence-corrected chi connectivity index (χ3v) is 5.88. The molecule has 1 fully saturated rings. The molecule has 2 rings (SSSR count). The molecule has 8 nitrogen and oxygen atoms in total. The maximum atomic E-state index is 12.7. The number of methoxy groups -OCH3 is 2. The zero-order valence-electron chi connectivity index (χ0n) is 19.0. The van der Waals surface area contributed by atoms with Crippen LogP contribution in [-0.4, -0.2) is 75.0 Å². The summed E-state index contributed by atoms with van der Waals surface area (Å²) in [5.74, 6) is -0.992. The van der Waals surface area contributed by atoms with Crippen LogP contribution in [0.5, 0.6) is 0 Å². The Kier molecular flexibility index (Phi) is 10.2. The van der Waals surface area contributed by atoms with Crippen molar-refractivity contribution in [1.82, 2.24) is 4.90 Å². The van der Waals surface area contributed by atoms with Crippen LogP contribution >= 0.6 is 0 Å². The molecule has 0 N–H and O–H groups in total. The van der Waals surface area contributed by atoms with Gasteiger partial charge in [-0.25, -0.2) is 4.79 Å². The Labute approximate surface area is 184 Å². The van der Waals surface area contributed by atoms with E-state index in [4.69, 9.17) is 18.9 Å². The van der Waals surface area contributed by atoms with Gasteiger partial charge in [0, 0.05) is 39.0 Å². The van der Waals surface area contributed by atoms with Crippen molar-refractivity contribution in [1.29, 1.82) is 0 Å². The van der Waals surface area contributed by atoms with Gasteiger partial charge in [0.25, 0.3) is 0 Å². The maximum absolute atomic E-state index is 12.7. The van der Waals surface area contributed by atoms with E-state index < -0.39 is 12.0 Å². The molecule has 0 aromatic heterocycles. The number of carbonyl (C=O) groups is 3. The van der Waals surface area contributed by atoms with Crippen molar-refractivity contribution in [3.63, 3.8) is 0 Å². The van der Waals surface area contributed by atoms with Gasteiger partial charge >= 0.3 is 11.9 Å². The number of nitrogens with zero attached hydrogens (tertiary/aromatic N) is 1. The molecule has 0 aromatic rings. The summed E-state index contributed by atoms with van der Waals surface area (Å²) >= 11 is 0. The van der Waals surface area contributed by atoms with Gasteiger partial charge in [-0.15, -0.1) is 0 Å². The first-order valence-corrected chi connectivity index (χ1v) is 10.9. The van der Waals surface area contributed by atoms with Crippen LogP contribution in [-0.2, 0) is 33.3 Å². The van der Waals surface area contributed by atoms with Crippen molar-refractivity contribution < 1.29 is 33.3 Å². The summed E-state index contributed by atoms with van der Waals surface area (Å²) in [5.41, 5.74) is 0. The van der Waals surface area contributed by atoms with Crippen molar-refractivity contribution in [3.8, 4) is 0 Å². The Morgan fingerprint density at radius 3 is 2.10 bits per heavy atom. The molecule has 0 saturated carbocycles. The van der Waals surface area contributed by atoms with Gasteiger partial charge in [-0.2, -0.15) is 0 Å². The first-order valence-electron chi connectivity index (χ1n) is 10.9. The summed E-state index contributed by atoms with van der Waals surface area (Å²) in [6.07, 6.45) is 8.26. The molecule has 0 radical (unpaired) electrons. The second-order valence-corrected chi connectivity index (χ2v) is 8.09. The predicted octanol–water partition coefficient (Wildman–Crippen LogP) is 2.27. The molecule has 174 valence electrons. The SMILES string of the molecule is CO[C@@H]1COC(=O)C/C=C/[C@@H](C)[C@H](OC)COC(=O)[C@@H]2CCCN2C(=O)C/C=C/[C@H]1C. The maximum Gasteiger partial charge on any atom is 0.328 e. The van der Waals surface area contributed by atoms with Crippen LogP contribution in [0.1, 0.15) is 39.5 Å². The minimum atomic E-state index is -0.554. The Morgan fingerprint density at radius 2 is 1.48 bits per heavy atom. The van der Waals surface area contributed by atoms with Crippen LogP contribution in [0.25, 0.3) is 0 Å². The van der Waals surface area contributed by atoms with E-state index in [-0.39, 0.29) is 62.0 Å². The third-order valence-electron chi connectivity index (χ3n) is 5.88. The second-order valence-electron chi connectivity index (χ2n) is 8.09. The van der Waals surface area contributed by atoms with Crippen LogP contribution in [0.4, 0.5) is 0 Å². The number of ether oxygens (including phenoxy) is 4. The van der Waals surface area contributed by atoms with Crippen molar-refractivity contribution in [2.24, 2.45) is 11.8 Å². The Balaban J connectivity index is 2.16. The standard InChI is InChI=1S/C23H35NO7/c1-16-8-5-11-21(25)24-13-7-10-18(24)23(27)31-15-20(29-4)17(2)9-6-12-22(26)30-14-19(16)28-3/h5-6,8-9,16-20H,7,10-15H2,1-4H3/b8-5+,9-6+/t16-,17-,18+,19-,20-/m1/s1. The van der Waals surface area contributed by atoms with Gasteiger partial charge in [0.1, 0.15) is 19.3 Å². The second kappa shape index (κ2) is 12.6. The molecule has 1 amide bonds. The number of fused-ring (bicyclic) bond motifs is 1. The third kappa shape index (κ3) is 7.47. The summed E-state index contributed by atoms with van der Waals surface area (Å²) in [6.45, 7) is 4.62. The number of esters is 2. The zero-order chi connectivity index (χ0) is 22.8. The number of cyclic esters (lactones) is 2. The van der Waals surface area contributed by atoms with Crippen LogP contribution in [0.15, 0.2) is 24.3 Å². The molecule has 5 atom stereocenters. The molecule has 0 unspecified atom stereocenters. The van der Waals surface area contributed by atoms with Crippen LogP contribution < -0.4 is 0 Å². The van der Waals surface area contributed by atoms with Crippen LogP contribution in [0.3, 0.4) is 0 Å². The van der Waals surface area contributed by atoms with Gasteiger partial charge in [-0.1, -0.05) is 38.2 Å². The fraction of sp³-hybridized carbons (Fsp3) is 0.696. The van der Waals surface area contributed by atoms with Gasteiger partial charge in [-0.05, 0) is 12.8 Å². The Hall–Kier alpha value is -2.19. The first-order chi connectivity index (χ1) is 14.9. The number of rotatable bonds is 2.